The molecule has 4 aromatic heterocycles. The number of nitriles is 1. The molecule has 0 amide bonds. The van der Waals surface area contributed by atoms with Gasteiger partial charge in [0.25, 0.3) is 0 Å². The van der Waals surface area contributed by atoms with Gasteiger partial charge in [0, 0.05) is 60.4 Å². The summed E-state index contributed by atoms with van der Waals surface area (Å²) in [6.45, 7) is 0. The van der Waals surface area contributed by atoms with Crippen LogP contribution in [0.2, 0.25) is 0 Å². The predicted molar refractivity (Wildman–Crippen MR) is 213 cm³/mol. The number of hydrogen-bond donors (Lipinski definition) is 1. The van der Waals surface area contributed by atoms with E-state index >= 15 is 0 Å². The summed E-state index contributed by atoms with van der Waals surface area (Å²) in [5, 5.41) is 25.5. The number of para-hydroxylation sites is 2. The van der Waals surface area contributed by atoms with Gasteiger partial charge >= 0.3 is 0 Å². The molecule has 0 spiro atoms. The highest BCUT2D eigenvalue weighted by Gasteiger charge is 2.31. The molecule has 52 heavy (non-hydrogen) atoms. The molecule has 11 aromatic rings. The van der Waals surface area contributed by atoms with Crippen LogP contribution in [0.15, 0.2) is 151 Å². The molecular weight excluding hydrogens is 637 g/mol. The van der Waals surface area contributed by atoms with E-state index in [2.05, 4.69) is 130 Å². The molecule has 6 heteroatoms. The second-order valence-electron chi connectivity index (χ2n) is 13.7. The number of rotatable bonds is 2. The van der Waals surface area contributed by atoms with Gasteiger partial charge in [-0.15, -0.1) is 0 Å². The van der Waals surface area contributed by atoms with Gasteiger partial charge in [0.2, 0.25) is 6.29 Å². The molecule has 6 nitrogen and oxygen atoms in total. The molecule has 0 radical (unpaired) electrons. The highest BCUT2D eigenvalue weighted by Crippen LogP contribution is 2.50. The molecular formula is C46H26N6. The quantitative estimate of drug-likeness (QED) is 0.200. The molecule has 5 heterocycles. The van der Waals surface area contributed by atoms with Crippen molar-refractivity contribution in [2.45, 2.75) is 6.29 Å². The topological polar surface area (TPSA) is 70.4 Å². The molecule has 0 fully saturated rings. The zero-order chi connectivity index (χ0) is 34.1. The van der Waals surface area contributed by atoms with Crippen LogP contribution in [0, 0.1) is 11.3 Å². The van der Waals surface area contributed by atoms with Crippen molar-refractivity contribution >= 4 is 93.0 Å². The Balaban J connectivity index is 1.33. The second kappa shape index (κ2) is 9.94. The smallest absolute Gasteiger partial charge is 0.202 e. The van der Waals surface area contributed by atoms with Gasteiger partial charge in [-0.25, -0.2) is 9.98 Å². The average molecular weight is 663 g/mol. The number of aliphatic imine (C=N–C) groups is 1. The van der Waals surface area contributed by atoms with Gasteiger partial charge in [0.05, 0.1) is 44.9 Å². The Hall–Kier alpha value is -7.23. The minimum absolute atomic E-state index is 0.528. The molecule has 240 valence electrons. The van der Waals surface area contributed by atoms with Gasteiger partial charge in [-0.2, -0.15) is 5.26 Å². The molecule has 0 saturated heterocycles. The molecule has 1 atom stereocenters. The van der Waals surface area contributed by atoms with Crippen LogP contribution >= 0.6 is 0 Å². The van der Waals surface area contributed by atoms with E-state index in [4.69, 9.17) is 9.98 Å². The minimum Gasteiger partial charge on any atom is -0.331 e. The van der Waals surface area contributed by atoms with E-state index in [1.54, 1.807) is 0 Å². The normalized spacial score (nSPS) is 14.6. The maximum absolute atomic E-state index is 9.56. The molecule has 1 aliphatic heterocycles. The van der Waals surface area contributed by atoms with E-state index < -0.39 is 6.29 Å². The van der Waals surface area contributed by atoms with Crippen LogP contribution in [0.3, 0.4) is 0 Å². The highest BCUT2D eigenvalue weighted by molar-refractivity contribution is 6.39. The summed E-state index contributed by atoms with van der Waals surface area (Å²) in [4.78, 5) is 10.4. The van der Waals surface area contributed by atoms with E-state index in [-0.39, 0.29) is 0 Å². The Morgan fingerprint density at radius 1 is 0.558 bits per heavy atom. The minimum atomic E-state index is -0.528. The first-order chi connectivity index (χ1) is 25.8. The molecule has 0 bridgehead atoms. The van der Waals surface area contributed by atoms with Gasteiger partial charge in [-0.05, 0) is 41.1 Å². The van der Waals surface area contributed by atoms with Crippen molar-refractivity contribution in [3.8, 4) is 6.07 Å². The lowest BCUT2D eigenvalue weighted by atomic mass is 9.98. The first-order valence-corrected chi connectivity index (χ1v) is 17.5. The predicted octanol–water partition coefficient (Wildman–Crippen LogP) is 10.9. The number of pyridine rings is 1. The van der Waals surface area contributed by atoms with Crippen LogP contribution in [0.4, 0.5) is 5.82 Å². The maximum Gasteiger partial charge on any atom is 0.202 e. The number of fused-ring (bicyclic) bond motifs is 16. The summed E-state index contributed by atoms with van der Waals surface area (Å²) in [6.07, 6.45) is 1.30. The summed E-state index contributed by atoms with van der Waals surface area (Å²) in [5.74, 6) is 0.772. The van der Waals surface area contributed by atoms with Crippen molar-refractivity contribution < 1.29 is 0 Å². The lowest BCUT2D eigenvalue weighted by Gasteiger charge is -2.27. The first kappa shape index (κ1) is 27.6. The van der Waals surface area contributed by atoms with Crippen molar-refractivity contribution in [3.63, 3.8) is 0 Å². The molecule has 1 aliphatic rings. The largest absolute Gasteiger partial charge is 0.331 e. The summed E-state index contributed by atoms with van der Waals surface area (Å²) >= 11 is 0. The Morgan fingerprint density at radius 2 is 1.27 bits per heavy atom. The molecule has 1 N–H and O–H groups in total. The van der Waals surface area contributed by atoms with Crippen molar-refractivity contribution in [1.82, 2.24) is 14.0 Å². The van der Waals surface area contributed by atoms with E-state index in [9.17, 15) is 5.26 Å². The van der Waals surface area contributed by atoms with Crippen LogP contribution in [0.25, 0.3) is 81.4 Å². The first-order valence-electron chi connectivity index (χ1n) is 17.5. The Morgan fingerprint density at radius 3 is 2.13 bits per heavy atom. The Labute approximate surface area is 296 Å². The average Bonchev–Trinajstić information content (AvgIpc) is 3.86. The number of benzene rings is 7. The fraction of sp³-hybridized carbons (Fsp3) is 0.0217. The second-order valence-corrected chi connectivity index (χ2v) is 13.7. The molecule has 0 aliphatic carbocycles. The Kier molecular flexibility index (Phi) is 5.27. The van der Waals surface area contributed by atoms with Crippen LogP contribution < -0.4 is 5.32 Å². The molecule has 0 saturated carbocycles. The van der Waals surface area contributed by atoms with Crippen LogP contribution in [-0.2, 0) is 0 Å². The molecule has 1 unspecified atom stereocenters. The van der Waals surface area contributed by atoms with Crippen molar-refractivity contribution in [1.29, 1.82) is 5.26 Å². The number of aromatic nitrogens is 3. The SMILES string of the molecule is N#Cc1ccc(C2=NC(n3c4c5ccccc5ccc4c4c5ccccc5c5c(c6cccc7c8ccccc8n5c76)c43)Nc3ncccc32)cc1. The lowest BCUT2D eigenvalue weighted by molar-refractivity contribution is 0.623. The summed E-state index contributed by atoms with van der Waals surface area (Å²) < 4.78 is 4.93. The summed E-state index contributed by atoms with van der Waals surface area (Å²) in [6, 6.07) is 51.5. The van der Waals surface area contributed by atoms with E-state index in [1.165, 1.54) is 70.4 Å². The molecule has 7 aromatic carbocycles. The van der Waals surface area contributed by atoms with Gasteiger partial charge in [0.15, 0.2) is 0 Å². The summed E-state index contributed by atoms with van der Waals surface area (Å²) in [5.41, 5.74) is 9.23. The fourth-order valence-corrected chi connectivity index (χ4v) is 9.05. The lowest BCUT2D eigenvalue weighted by Crippen LogP contribution is -2.25. The van der Waals surface area contributed by atoms with E-state index in [0.717, 1.165) is 33.7 Å². The van der Waals surface area contributed by atoms with Crippen LogP contribution in [-0.4, -0.2) is 19.7 Å². The highest BCUT2D eigenvalue weighted by atomic mass is 15.3. The zero-order valence-electron chi connectivity index (χ0n) is 27.7. The third-order valence-electron chi connectivity index (χ3n) is 11.1. The number of anilines is 1. The maximum atomic E-state index is 9.56. The van der Waals surface area contributed by atoms with Gasteiger partial charge < -0.3 is 9.72 Å². The zero-order valence-corrected chi connectivity index (χ0v) is 27.7. The van der Waals surface area contributed by atoms with Gasteiger partial charge in [-0.3, -0.25) is 4.57 Å². The number of nitrogens with zero attached hydrogens (tertiary/aromatic N) is 5. The van der Waals surface area contributed by atoms with Crippen molar-refractivity contribution in [3.05, 3.63) is 162 Å². The number of nitrogens with one attached hydrogen (secondary N) is 1. The van der Waals surface area contributed by atoms with Gasteiger partial charge in [-0.1, -0.05) is 109 Å². The molecule has 12 rings (SSSR count). The van der Waals surface area contributed by atoms with Gasteiger partial charge in [0.1, 0.15) is 5.82 Å². The van der Waals surface area contributed by atoms with Crippen LogP contribution in [0.5, 0.6) is 0 Å². The Bertz CT molecular complexity index is 3390. The van der Waals surface area contributed by atoms with Crippen molar-refractivity contribution in [2.75, 3.05) is 5.32 Å². The summed E-state index contributed by atoms with van der Waals surface area (Å²) in [7, 11) is 0. The number of hydrogen-bond acceptors (Lipinski definition) is 4. The monoisotopic (exact) mass is 662 g/mol. The fourth-order valence-electron chi connectivity index (χ4n) is 9.05. The third-order valence-corrected chi connectivity index (χ3v) is 11.1. The van der Waals surface area contributed by atoms with Crippen LogP contribution in [0.1, 0.15) is 23.0 Å². The standard InChI is InChI=1S/C46H26N6/c47-25-26-18-20-28(21-19-26)40-36-16-8-24-48-45(36)50-46(49-40)52-41-29-10-2-1-9-27(29)22-23-35(41)38-31-12-3-4-13-33(31)43-39(44(38)52)34-15-7-14-32-30-11-5-6-17-37(30)51(43)42(32)34/h1-24,46H,(H,48,50). The third kappa shape index (κ3) is 3.42. The van der Waals surface area contributed by atoms with E-state index in [0.29, 0.717) is 5.56 Å². The van der Waals surface area contributed by atoms with Crippen molar-refractivity contribution in [2.24, 2.45) is 4.99 Å². The van der Waals surface area contributed by atoms with E-state index in [1.807, 2.05) is 36.5 Å².